The zero-order valence-electron chi connectivity index (χ0n) is 5.46. The van der Waals surface area contributed by atoms with E-state index < -0.39 is 0 Å². The number of nitrogens with two attached hydrogens (primary N) is 1. The molecule has 0 spiro atoms. The molecule has 2 saturated carbocycles. The van der Waals surface area contributed by atoms with Crippen molar-refractivity contribution in [1.29, 1.82) is 0 Å². The van der Waals surface area contributed by atoms with Crippen LogP contribution < -0.4 is 5.73 Å². The smallest absolute Gasteiger partial charge is 0.0586 e. The van der Waals surface area contributed by atoms with Gasteiger partial charge in [-0.3, -0.25) is 0 Å². The van der Waals surface area contributed by atoms with Crippen LogP contribution in [-0.4, -0.2) is 17.3 Å². The van der Waals surface area contributed by atoms with Gasteiger partial charge >= 0.3 is 0 Å². The molecule has 2 heteroatoms. The quantitative estimate of drug-likeness (QED) is 0.485. The minimum absolute atomic E-state index is 0.0706. The first-order valence-corrected chi connectivity index (χ1v) is 3.72. The van der Waals surface area contributed by atoms with Gasteiger partial charge in [0.1, 0.15) is 0 Å². The number of rotatable bonds is 0. The van der Waals surface area contributed by atoms with Gasteiger partial charge in [0.2, 0.25) is 0 Å². The van der Waals surface area contributed by atoms with Crippen LogP contribution in [0.25, 0.3) is 0 Å². The molecule has 4 atom stereocenters. The Morgan fingerprint density at radius 3 is 2.33 bits per heavy atom. The second-order valence-corrected chi connectivity index (χ2v) is 3.38. The van der Waals surface area contributed by atoms with Crippen LogP contribution in [0.4, 0.5) is 0 Å². The van der Waals surface area contributed by atoms with Crippen molar-refractivity contribution in [2.75, 3.05) is 0 Å². The molecule has 2 fully saturated rings. The SMILES string of the molecule is N[C@H]1[C@@H]2CC[C@H]1[C@H](O)C2. The maximum absolute atomic E-state index is 9.31. The Kier molecular flexibility index (Phi) is 1.08. The second kappa shape index (κ2) is 1.70. The van der Waals surface area contributed by atoms with Gasteiger partial charge in [0.15, 0.2) is 0 Å². The van der Waals surface area contributed by atoms with Gasteiger partial charge in [0, 0.05) is 12.0 Å². The molecule has 0 saturated heterocycles. The Morgan fingerprint density at radius 1 is 1.33 bits per heavy atom. The predicted molar refractivity (Wildman–Crippen MR) is 34.8 cm³/mol. The molecule has 52 valence electrons. The third kappa shape index (κ3) is 0.634. The zero-order chi connectivity index (χ0) is 6.43. The van der Waals surface area contributed by atoms with Gasteiger partial charge in [-0.1, -0.05) is 0 Å². The summed E-state index contributed by atoms with van der Waals surface area (Å²) in [6.07, 6.45) is 3.31. The van der Waals surface area contributed by atoms with E-state index in [1.54, 1.807) is 0 Å². The summed E-state index contributed by atoms with van der Waals surface area (Å²) >= 11 is 0. The van der Waals surface area contributed by atoms with E-state index >= 15 is 0 Å². The monoisotopic (exact) mass is 127 g/mol. The lowest BCUT2D eigenvalue weighted by Gasteiger charge is -2.14. The lowest BCUT2D eigenvalue weighted by molar-refractivity contribution is 0.112. The standard InChI is InChI=1S/C7H13NO/c8-7-4-1-2-5(7)6(9)3-4/h4-7,9H,1-3,8H2/t4-,5+,6-,7+/m1/s1. The van der Waals surface area contributed by atoms with Crippen molar-refractivity contribution in [1.82, 2.24) is 0 Å². The molecule has 0 aliphatic heterocycles. The zero-order valence-corrected chi connectivity index (χ0v) is 5.46. The Balaban J connectivity index is 2.16. The molecule has 3 N–H and O–H groups in total. The van der Waals surface area contributed by atoms with Gasteiger partial charge in [0.25, 0.3) is 0 Å². The predicted octanol–water partition coefficient (Wildman–Crippen LogP) is 0.104. The van der Waals surface area contributed by atoms with E-state index in [0.29, 0.717) is 17.9 Å². The van der Waals surface area contributed by atoms with Crippen molar-refractivity contribution in [2.45, 2.75) is 31.4 Å². The highest BCUT2D eigenvalue weighted by Crippen LogP contribution is 2.43. The van der Waals surface area contributed by atoms with Crippen molar-refractivity contribution in [3.63, 3.8) is 0 Å². The third-order valence-electron chi connectivity index (χ3n) is 2.95. The van der Waals surface area contributed by atoms with Crippen molar-refractivity contribution >= 4 is 0 Å². The summed E-state index contributed by atoms with van der Waals surface area (Å²) in [5.41, 5.74) is 5.81. The second-order valence-electron chi connectivity index (χ2n) is 3.38. The first-order valence-electron chi connectivity index (χ1n) is 3.72. The average Bonchev–Trinajstić information content (AvgIpc) is 2.25. The average molecular weight is 127 g/mol. The number of hydrogen-bond donors (Lipinski definition) is 2. The van der Waals surface area contributed by atoms with Gasteiger partial charge < -0.3 is 10.8 Å². The van der Waals surface area contributed by atoms with E-state index in [-0.39, 0.29) is 6.10 Å². The topological polar surface area (TPSA) is 46.2 Å². The van der Waals surface area contributed by atoms with Gasteiger partial charge in [0.05, 0.1) is 6.10 Å². The van der Waals surface area contributed by atoms with Crippen molar-refractivity contribution in [3.8, 4) is 0 Å². The first kappa shape index (κ1) is 5.69. The van der Waals surface area contributed by atoms with E-state index in [1.807, 2.05) is 0 Å². The minimum Gasteiger partial charge on any atom is -0.393 e. The summed E-state index contributed by atoms with van der Waals surface area (Å²) in [6.45, 7) is 0. The molecule has 9 heavy (non-hydrogen) atoms. The molecule has 0 unspecified atom stereocenters. The Hall–Kier alpha value is -0.0800. The van der Waals surface area contributed by atoms with Crippen LogP contribution >= 0.6 is 0 Å². The molecule has 0 aromatic carbocycles. The fourth-order valence-electron chi connectivity index (χ4n) is 2.35. The first-order chi connectivity index (χ1) is 4.29. The highest BCUT2D eigenvalue weighted by molar-refractivity contribution is 4.99. The van der Waals surface area contributed by atoms with Gasteiger partial charge in [-0.05, 0) is 25.2 Å². The molecular formula is C7H13NO. The van der Waals surface area contributed by atoms with Crippen LogP contribution in [0.2, 0.25) is 0 Å². The summed E-state index contributed by atoms with van der Waals surface area (Å²) in [6, 6.07) is 0.319. The molecule has 0 aromatic heterocycles. The largest absolute Gasteiger partial charge is 0.393 e. The molecule has 0 amide bonds. The van der Waals surface area contributed by atoms with E-state index in [2.05, 4.69) is 0 Å². The maximum Gasteiger partial charge on any atom is 0.0586 e. The normalized spacial score (nSPS) is 56.7. The number of aliphatic hydroxyl groups excluding tert-OH is 1. The number of hydrogen-bond acceptors (Lipinski definition) is 2. The Bertz CT molecular complexity index is 126. The van der Waals surface area contributed by atoms with E-state index in [4.69, 9.17) is 5.73 Å². The summed E-state index contributed by atoms with van der Waals surface area (Å²) in [5.74, 6) is 1.08. The van der Waals surface area contributed by atoms with Gasteiger partial charge in [-0.25, -0.2) is 0 Å². The molecule has 0 aromatic rings. The summed E-state index contributed by atoms with van der Waals surface area (Å²) < 4.78 is 0. The molecule has 0 heterocycles. The van der Waals surface area contributed by atoms with Crippen LogP contribution in [-0.2, 0) is 0 Å². The van der Waals surface area contributed by atoms with Crippen molar-refractivity contribution in [2.24, 2.45) is 17.6 Å². The van der Waals surface area contributed by atoms with E-state index in [9.17, 15) is 5.11 Å². The maximum atomic E-state index is 9.31. The molecule has 2 rings (SSSR count). The Morgan fingerprint density at radius 2 is 2.11 bits per heavy atom. The molecule has 2 nitrogen and oxygen atoms in total. The Labute approximate surface area is 55.1 Å². The molecular weight excluding hydrogens is 114 g/mol. The van der Waals surface area contributed by atoms with Crippen molar-refractivity contribution in [3.05, 3.63) is 0 Å². The van der Waals surface area contributed by atoms with Crippen molar-refractivity contribution < 1.29 is 5.11 Å². The minimum atomic E-state index is -0.0706. The molecule has 2 aliphatic rings. The number of fused-ring (bicyclic) bond motifs is 2. The van der Waals surface area contributed by atoms with Crippen LogP contribution in [0.5, 0.6) is 0 Å². The van der Waals surface area contributed by atoms with Gasteiger partial charge in [-0.15, -0.1) is 0 Å². The molecule has 2 bridgehead atoms. The third-order valence-corrected chi connectivity index (χ3v) is 2.95. The lowest BCUT2D eigenvalue weighted by Crippen LogP contribution is -2.27. The van der Waals surface area contributed by atoms with Crippen LogP contribution in [0, 0.1) is 11.8 Å². The lowest BCUT2D eigenvalue weighted by atomic mass is 9.98. The highest BCUT2D eigenvalue weighted by atomic mass is 16.3. The molecule has 2 aliphatic carbocycles. The fraction of sp³-hybridized carbons (Fsp3) is 1.00. The van der Waals surface area contributed by atoms with Crippen LogP contribution in [0.3, 0.4) is 0 Å². The fourth-order valence-corrected chi connectivity index (χ4v) is 2.35. The van der Waals surface area contributed by atoms with E-state index in [0.717, 1.165) is 12.8 Å². The number of aliphatic hydroxyl groups is 1. The summed E-state index contributed by atoms with van der Waals surface area (Å²) in [4.78, 5) is 0. The summed E-state index contributed by atoms with van der Waals surface area (Å²) in [5, 5.41) is 9.31. The van der Waals surface area contributed by atoms with Gasteiger partial charge in [-0.2, -0.15) is 0 Å². The highest BCUT2D eigenvalue weighted by Gasteiger charge is 2.45. The van der Waals surface area contributed by atoms with Crippen LogP contribution in [0.1, 0.15) is 19.3 Å². The van der Waals surface area contributed by atoms with Crippen LogP contribution in [0.15, 0.2) is 0 Å². The van der Waals surface area contributed by atoms with E-state index in [1.165, 1.54) is 6.42 Å². The molecule has 0 radical (unpaired) electrons. The summed E-state index contributed by atoms with van der Waals surface area (Å²) in [7, 11) is 0.